The first-order valence-electron chi connectivity index (χ1n) is 10.3. The minimum atomic E-state index is 0. The molecule has 6 heteroatoms. The molecular formula is C22H30ClN3O2. The number of nitrogens with zero attached hydrogens (tertiary/aromatic N) is 2. The molecule has 5 nitrogen and oxygen atoms in total. The lowest BCUT2D eigenvalue weighted by molar-refractivity contribution is -0.119. The average Bonchev–Trinajstić information content (AvgIpc) is 3.10. The number of nitrogens with one attached hydrogen (secondary N) is 1. The number of fused-ring (bicyclic) bond motifs is 3. The lowest BCUT2D eigenvalue weighted by Crippen LogP contribution is -2.36. The molecule has 1 amide bonds. The van der Waals surface area contributed by atoms with Crippen LogP contribution in [0.3, 0.4) is 0 Å². The summed E-state index contributed by atoms with van der Waals surface area (Å²) in [7, 11) is 0. The molecule has 2 fully saturated rings. The van der Waals surface area contributed by atoms with E-state index in [1.165, 1.54) is 24.8 Å². The average molecular weight is 404 g/mol. The fourth-order valence-electron chi connectivity index (χ4n) is 5.15. The highest BCUT2D eigenvalue weighted by Gasteiger charge is 2.38. The monoisotopic (exact) mass is 403 g/mol. The normalized spacial score (nSPS) is 28.9. The molecule has 0 unspecified atom stereocenters. The van der Waals surface area contributed by atoms with Crippen LogP contribution in [0.5, 0.6) is 5.75 Å². The number of ether oxygens (including phenoxy) is 1. The van der Waals surface area contributed by atoms with E-state index in [-0.39, 0.29) is 18.3 Å². The van der Waals surface area contributed by atoms with Crippen LogP contribution in [0.15, 0.2) is 18.2 Å². The molecule has 4 rings (SSSR count). The van der Waals surface area contributed by atoms with Gasteiger partial charge in [-0.05, 0) is 62.8 Å². The quantitative estimate of drug-likeness (QED) is 0.835. The fraction of sp³-hybridized carbons (Fsp3) is 0.636. The molecule has 1 aromatic rings. The first-order valence-corrected chi connectivity index (χ1v) is 10.3. The topological polar surface area (TPSA) is 65.4 Å². The lowest BCUT2D eigenvalue weighted by atomic mass is 9.84. The first kappa shape index (κ1) is 21.0. The van der Waals surface area contributed by atoms with Gasteiger partial charge in [-0.15, -0.1) is 12.4 Å². The van der Waals surface area contributed by atoms with E-state index in [2.05, 4.69) is 16.3 Å². The molecule has 0 aromatic heterocycles. The fourth-order valence-corrected chi connectivity index (χ4v) is 5.15. The Morgan fingerprint density at radius 2 is 2.07 bits per heavy atom. The van der Waals surface area contributed by atoms with Crippen LogP contribution in [0.4, 0.5) is 0 Å². The largest absolute Gasteiger partial charge is 0.493 e. The second-order valence-corrected chi connectivity index (χ2v) is 8.51. The molecule has 2 heterocycles. The van der Waals surface area contributed by atoms with Crippen molar-refractivity contribution >= 4 is 18.3 Å². The summed E-state index contributed by atoms with van der Waals surface area (Å²) >= 11 is 0. The maximum Gasteiger partial charge on any atom is 0.217 e. The molecule has 1 aromatic carbocycles. The van der Waals surface area contributed by atoms with Gasteiger partial charge in [-0.1, -0.05) is 0 Å². The van der Waals surface area contributed by atoms with E-state index in [4.69, 9.17) is 4.74 Å². The predicted molar refractivity (Wildman–Crippen MR) is 111 cm³/mol. The molecule has 28 heavy (non-hydrogen) atoms. The zero-order valence-electron chi connectivity index (χ0n) is 16.5. The highest BCUT2D eigenvalue weighted by Crippen LogP contribution is 2.42. The van der Waals surface area contributed by atoms with Gasteiger partial charge in [-0.2, -0.15) is 5.26 Å². The molecule has 0 spiro atoms. The zero-order valence-corrected chi connectivity index (χ0v) is 17.3. The van der Waals surface area contributed by atoms with Crippen molar-refractivity contribution in [3.8, 4) is 11.8 Å². The summed E-state index contributed by atoms with van der Waals surface area (Å²) in [4.78, 5) is 13.8. The van der Waals surface area contributed by atoms with Crippen LogP contribution in [0.25, 0.3) is 0 Å². The van der Waals surface area contributed by atoms with Crippen LogP contribution in [-0.2, 0) is 4.79 Å². The van der Waals surface area contributed by atoms with Crippen LogP contribution >= 0.6 is 12.4 Å². The van der Waals surface area contributed by atoms with Gasteiger partial charge < -0.3 is 15.0 Å². The number of halogens is 1. The molecule has 0 bridgehead atoms. The molecule has 1 saturated carbocycles. The van der Waals surface area contributed by atoms with Crippen molar-refractivity contribution in [2.24, 2.45) is 11.8 Å². The van der Waals surface area contributed by atoms with Gasteiger partial charge in [0.05, 0.1) is 18.2 Å². The molecule has 1 saturated heterocycles. The van der Waals surface area contributed by atoms with E-state index in [0.29, 0.717) is 17.9 Å². The van der Waals surface area contributed by atoms with Gasteiger partial charge in [0.25, 0.3) is 0 Å². The SMILES string of the molecule is CC(=O)N[C@H]1CC[C@H](CCN2C[C@H]3COc4ccc(C#N)cc4[C@@H]3C2)CC1.Cl. The minimum absolute atomic E-state index is 0. The zero-order chi connectivity index (χ0) is 18.8. The summed E-state index contributed by atoms with van der Waals surface area (Å²) in [6.45, 7) is 5.73. The molecule has 2 aliphatic heterocycles. The predicted octanol–water partition coefficient (Wildman–Crippen LogP) is 3.47. The van der Waals surface area contributed by atoms with Crippen molar-refractivity contribution in [1.29, 1.82) is 5.26 Å². The summed E-state index contributed by atoms with van der Waals surface area (Å²) in [5.74, 6) is 2.89. The Kier molecular flexibility index (Phi) is 6.85. The van der Waals surface area contributed by atoms with E-state index in [1.807, 2.05) is 18.2 Å². The Morgan fingerprint density at radius 3 is 2.79 bits per heavy atom. The number of benzene rings is 1. The third-order valence-corrected chi connectivity index (χ3v) is 6.62. The van der Waals surface area contributed by atoms with Gasteiger partial charge in [0.15, 0.2) is 0 Å². The molecule has 152 valence electrons. The number of rotatable bonds is 4. The van der Waals surface area contributed by atoms with Crippen LogP contribution in [0.2, 0.25) is 0 Å². The van der Waals surface area contributed by atoms with Crippen molar-refractivity contribution in [2.45, 2.75) is 51.0 Å². The van der Waals surface area contributed by atoms with E-state index < -0.39 is 0 Å². The molecular weight excluding hydrogens is 374 g/mol. The Labute approximate surface area is 173 Å². The first-order chi connectivity index (χ1) is 13.1. The maximum absolute atomic E-state index is 11.2. The van der Waals surface area contributed by atoms with E-state index in [9.17, 15) is 10.1 Å². The van der Waals surface area contributed by atoms with Crippen LogP contribution in [-0.4, -0.2) is 43.1 Å². The number of hydrogen-bond acceptors (Lipinski definition) is 4. The van der Waals surface area contributed by atoms with Crippen molar-refractivity contribution < 1.29 is 9.53 Å². The summed E-state index contributed by atoms with van der Waals surface area (Å²) in [5, 5.41) is 12.3. The summed E-state index contributed by atoms with van der Waals surface area (Å²) in [6, 6.07) is 8.48. The third kappa shape index (κ3) is 4.61. The number of carbonyl (C=O) groups excluding carboxylic acids is 1. The van der Waals surface area contributed by atoms with Crippen molar-refractivity contribution in [3.63, 3.8) is 0 Å². The molecule has 2 atom stereocenters. The Bertz CT molecular complexity index is 740. The van der Waals surface area contributed by atoms with Crippen LogP contribution in [0.1, 0.15) is 56.1 Å². The van der Waals surface area contributed by atoms with Crippen molar-refractivity contribution in [3.05, 3.63) is 29.3 Å². The van der Waals surface area contributed by atoms with Gasteiger partial charge in [-0.3, -0.25) is 4.79 Å². The standard InChI is InChI=1S/C22H29N3O2.ClH/c1-15(26)24-19-5-2-16(3-6-19)8-9-25-12-18-14-27-22-7-4-17(11-23)10-20(22)21(18)13-25;/h4,7,10,16,18-19,21H,2-3,5-6,8-9,12-14H2,1H3,(H,24,26);1H/t16-,18-,19-,21+;/m0./s1. The van der Waals surface area contributed by atoms with E-state index in [1.54, 1.807) is 6.92 Å². The molecule has 3 aliphatic rings. The Morgan fingerprint density at radius 1 is 1.29 bits per heavy atom. The number of hydrogen-bond donors (Lipinski definition) is 1. The summed E-state index contributed by atoms with van der Waals surface area (Å²) in [5.41, 5.74) is 1.95. The van der Waals surface area contributed by atoms with Gasteiger partial charge in [0.1, 0.15) is 5.75 Å². The number of amides is 1. The number of nitriles is 1. The third-order valence-electron chi connectivity index (χ3n) is 6.62. The maximum atomic E-state index is 11.2. The summed E-state index contributed by atoms with van der Waals surface area (Å²) in [6.07, 6.45) is 5.94. The second-order valence-electron chi connectivity index (χ2n) is 8.51. The number of carbonyl (C=O) groups is 1. The van der Waals surface area contributed by atoms with Crippen molar-refractivity contribution in [1.82, 2.24) is 10.2 Å². The highest BCUT2D eigenvalue weighted by atomic mass is 35.5. The van der Waals surface area contributed by atoms with E-state index in [0.717, 1.165) is 56.3 Å². The molecule has 0 radical (unpaired) electrons. The molecule has 1 aliphatic carbocycles. The van der Waals surface area contributed by atoms with Crippen molar-refractivity contribution in [2.75, 3.05) is 26.2 Å². The smallest absolute Gasteiger partial charge is 0.217 e. The van der Waals surface area contributed by atoms with Gasteiger partial charge in [0.2, 0.25) is 5.91 Å². The van der Waals surface area contributed by atoms with Crippen LogP contribution < -0.4 is 10.1 Å². The lowest BCUT2D eigenvalue weighted by Gasteiger charge is -2.30. The van der Waals surface area contributed by atoms with Gasteiger partial charge in [0, 0.05) is 43.5 Å². The Hall–Kier alpha value is -1.77. The number of likely N-dealkylation sites (tertiary alicyclic amines) is 1. The van der Waals surface area contributed by atoms with E-state index >= 15 is 0 Å². The molecule has 1 N–H and O–H groups in total. The summed E-state index contributed by atoms with van der Waals surface area (Å²) < 4.78 is 5.95. The van der Waals surface area contributed by atoms with Gasteiger partial charge in [-0.25, -0.2) is 0 Å². The highest BCUT2D eigenvalue weighted by molar-refractivity contribution is 5.85. The van der Waals surface area contributed by atoms with Gasteiger partial charge >= 0.3 is 0 Å². The Balaban J connectivity index is 0.00000225. The van der Waals surface area contributed by atoms with Crippen LogP contribution in [0, 0.1) is 23.2 Å². The minimum Gasteiger partial charge on any atom is -0.493 e. The second kappa shape index (κ2) is 9.15.